The van der Waals surface area contributed by atoms with Crippen LogP contribution in [-0.2, 0) is 6.54 Å². The first-order chi connectivity index (χ1) is 6.16. The molecule has 0 saturated heterocycles. The van der Waals surface area contributed by atoms with E-state index < -0.39 is 0 Å². The van der Waals surface area contributed by atoms with Crippen molar-refractivity contribution in [2.24, 2.45) is 0 Å². The second-order valence-electron chi connectivity index (χ2n) is 2.94. The number of hydrogen-bond acceptors (Lipinski definition) is 3. The van der Waals surface area contributed by atoms with Crippen LogP contribution in [0.5, 0.6) is 0 Å². The molecule has 4 nitrogen and oxygen atoms in total. The molecule has 0 spiro atoms. The van der Waals surface area contributed by atoms with Gasteiger partial charge in [-0.15, -0.1) is 0 Å². The first-order valence-electron chi connectivity index (χ1n) is 4.23. The fourth-order valence-corrected chi connectivity index (χ4v) is 1.20. The van der Waals surface area contributed by atoms with Crippen LogP contribution in [0.3, 0.4) is 0 Å². The van der Waals surface area contributed by atoms with Crippen LogP contribution < -0.4 is 11.3 Å². The van der Waals surface area contributed by atoms with Gasteiger partial charge < -0.3 is 15.4 Å². The highest BCUT2D eigenvalue weighted by Crippen LogP contribution is 2.06. The number of anilines is 1. The topological polar surface area (TPSA) is 68.2 Å². The molecule has 3 N–H and O–H groups in total. The van der Waals surface area contributed by atoms with E-state index in [2.05, 4.69) is 0 Å². The van der Waals surface area contributed by atoms with Crippen LogP contribution in [0.2, 0.25) is 0 Å². The number of nitrogens with two attached hydrogens (primary N) is 1. The number of rotatable bonds is 3. The lowest BCUT2D eigenvalue weighted by Gasteiger charge is -2.10. The Balaban J connectivity index is 3.03. The molecule has 0 unspecified atom stereocenters. The molecule has 72 valence electrons. The van der Waals surface area contributed by atoms with Crippen molar-refractivity contribution in [3.8, 4) is 0 Å². The second kappa shape index (κ2) is 4.09. The van der Waals surface area contributed by atoms with E-state index in [4.69, 9.17) is 10.8 Å². The maximum absolute atomic E-state index is 11.3. The maximum Gasteiger partial charge on any atom is 0.250 e. The molecule has 1 aromatic rings. The highest BCUT2D eigenvalue weighted by molar-refractivity contribution is 5.41. The Hall–Kier alpha value is -1.29. The number of aliphatic hydroxyl groups is 1. The van der Waals surface area contributed by atoms with Gasteiger partial charge >= 0.3 is 0 Å². The molecular weight excluding hydrogens is 168 g/mol. The van der Waals surface area contributed by atoms with Crippen molar-refractivity contribution in [3.63, 3.8) is 0 Å². The van der Waals surface area contributed by atoms with E-state index in [0.717, 1.165) is 5.69 Å². The molecule has 0 amide bonds. The summed E-state index contributed by atoms with van der Waals surface area (Å²) in [6, 6.07) is 3.05. The van der Waals surface area contributed by atoms with Gasteiger partial charge in [0.2, 0.25) is 0 Å². The van der Waals surface area contributed by atoms with Gasteiger partial charge in [-0.05, 0) is 19.4 Å². The molecule has 0 atom stereocenters. The van der Waals surface area contributed by atoms with Gasteiger partial charge in [-0.2, -0.15) is 0 Å². The molecule has 1 heterocycles. The Bertz CT molecular complexity index is 344. The lowest BCUT2D eigenvalue weighted by molar-refractivity contribution is 0.278. The number of nitrogen functional groups attached to an aromatic ring is 1. The molecule has 0 fully saturated rings. The Morgan fingerprint density at radius 2 is 2.23 bits per heavy atom. The summed E-state index contributed by atoms with van der Waals surface area (Å²) >= 11 is 0. The minimum Gasteiger partial charge on any atom is -0.397 e. The lowest BCUT2D eigenvalue weighted by Crippen LogP contribution is -2.22. The van der Waals surface area contributed by atoms with E-state index in [1.807, 2.05) is 0 Å². The highest BCUT2D eigenvalue weighted by Gasteiger charge is 2.01. The van der Waals surface area contributed by atoms with Crippen molar-refractivity contribution >= 4 is 5.69 Å². The number of nitrogens with zero attached hydrogens (tertiary/aromatic N) is 1. The Morgan fingerprint density at radius 1 is 1.54 bits per heavy atom. The SMILES string of the molecule is Cc1c(N)ccc(=O)n1CCCO. The van der Waals surface area contributed by atoms with Gasteiger partial charge in [0, 0.05) is 24.9 Å². The van der Waals surface area contributed by atoms with Crippen LogP contribution in [0.15, 0.2) is 16.9 Å². The minimum atomic E-state index is -0.0693. The molecule has 0 radical (unpaired) electrons. The summed E-state index contributed by atoms with van der Waals surface area (Å²) in [5, 5.41) is 8.63. The van der Waals surface area contributed by atoms with E-state index in [1.165, 1.54) is 6.07 Å². The Labute approximate surface area is 76.6 Å². The number of pyridine rings is 1. The van der Waals surface area contributed by atoms with Crippen LogP contribution in [0, 0.1) is 6.92 Å². The standard InChI is InChI=1S/C9H14N2O2/c1-7-8(10)3-4-9(13)11(7)5-2-6-12/h3-4,12H,2,5-6,10H2,1H3. The van der Waals surface area contributed by atoms with E-state index in [1.54, 1.807) is 17.6 Å². The van der Waals surface area contributed by atoms with Crippen LogP contribution >= 0.6 is 0 Å². The predicted octanol–water partition coefficient (Wildman–Crippen LogP) is 0.121. The van der Waals surface area contributed by atoms with E-state index in [9.17, 15) is 4.79 Å². The van der Waals surface area contributed by atoms with Gasteiger partial charge in [-0.25, -0.2) is 0 Å². The van der Waals surface area contributed by atoms with Crippen molar-refractivity contribution in [1.29, 1.82) is 0 Å². The van der Waals surface area contributed by atoms with Gasteiger partial charge in [0.05, 0.1) is 5.69 Å². The van der Waals surface area contributed by atoms with Crippen LogP contribution in [0.4, 0.5) is 5.69 Å². The van der Waals surface area contributed by atoms with Crippen molar-refractivity contribution in [2.75, 3.05) is 12.3 Å². The highest BCUT2D eigenvalue weighted by atomic mass is 16.3. The summed E-state index contributed by atoms with van der Waals surface area (Å²) in [5.41, 5.74) is 6.94. The molecule has 1 aromatic heterocycles. The average molecular weight is 182 g/mol. The zero-order valence-electron chi connectivity index (χ0n) is 7.66. The van der Waals surface area contributed by atoms with Gasteiger partial charge in [-0.3, -0.25) is 4.79 Å². The largest absolute Gasteiger partial charge is 0.397 e. The second-order valence-corrected chi connectivity index (χ2v) is 2.94. The number of hydrogen-bond donors (Lipinski definition) is 2. The normalized spacial score (nSPS) is 10.3. The zero-order chi connectivity index (χ0) is 9.84. The fraction of sp³-hybridized carbons (Fsp3) is 0.444. The Morgan fingerprint density at radius 3 is 2.85 bits per heavy atom. The quantitative estimate of drug-likeness (QED) is 0.697. The van der Waals surface area contributed by atoms with Crippen LogP contribution in [0.25, 0.3) is 0 Å². The molecule has 0 bridgehead atoms. The predicted molar refractivity (Wildman–Crippen MR) is 51.6 cm³/mol. The maximum atomic E-state index is 11.3. The first kappa shape index (κ1) is 9.80. The van der Waals surface area contributed by atoms with Crippen LogP contribution in [-0.4, -0.2) is 16.3 Å². The summed E-state index contributed by atoms with van der Waals surface area (Å²) < 4.78 is 1.57. The lowest BCUT2D eigenvalue weighted by atomic mass is 10.3. The third-order valence-corrected chi connectivity index (χ3v) is 2.03. The fourth-order valence-electron chi connectivity index (χ4n) is 1.20. The van der Waals surface area contributed by atoms with E-state index in [-0.39, 0.29) is 12.2 Å². The van der Waals surface area contributed by atoms with E-state index in [0.29, 0.717) is 18.7 Å². The molecule has 0 saturated carbocycles. The van der Waals surface area contributed by atoms with Crippen molar-refractivity contribution in [3.05, 3.63) is 28.2 Å². The van der Waals surface area contributed by atoms with Gasteiger partial charge in [0.1, 0.15) is 0 Å². The van der Waals surface area contributed by atoms with Gasteiger partial charge in [0.15, 0.2) is 0 Å². The molecule has 0 aliphatic heterocycles. The Kier molecular flexibility index (Phi) is 3.08. The third-order valence-electron chi connectivity index (χ3n) is 2.03. The molecule has 13 heavy (non-hydrogen) atoms. The minimum absolute atomic E-state index is 0.0693. The molecule has 0 aliphatic rings. The molecule has 4 heteroatoms. The summed E-state index contributed by atoms with van der Waals surface area (Å²) in [6.07, 6.45) is 0.574. The van der Waals surface area contributed by atoms with Gasteiger partial charge in [-0.1, -0.05) is 0 Å². The van der Waals surface area contributed by atoms with Crippen molar-refractivity contribution in [2.45, 2.75) is 19.9 Å². The summed E-state index contributed by atoms with van der Waals surface area (Å²) in [7, 11) is 0. The first-order valence-corrected chi connectivity index (χ1v) is 4.23. The smallest absolute Gasteiger partial charge is 0.250 e. The monoisotopic (exact) mass is 182 g/mol. The zero-order valence-corrected chi connectivity index (χ0v) is 7.66. The van der Waals surface area contributed by atoms with Crippen molar-refractivity contribution < 1.29 is 5.11 Å². The summed E-state index contributed by atoms with van der Waals surface area (Å²) in [4.78, 5) is 11.3. The molecule has 1 rings (SSSR count). The summed E-state index contributed by atoms with van der Waals surface area (Å²) in [5.74, 6) is 0. The average Bonchev–Trinajstić information content (AvgIpc) is 2.12. The van der Waals surface area contributed by atoms with E-state index >= 15 is 0 Å². The molecular formula is C9H14N2O2. The number of aromatic nitrogens is 1. The van der Waals surface area contributed by atoms with Crippen molar-refractivity contribution in [1.82, 2.24) is 4.57 Å². The third kappa shape index (κ3) is 2.09. The molecule has 0 aliphatic carbocycles. The number of aliphatic hydroxyl groups excluding tert-OH is 1. The van der Waals surface area contributed by atoms with Gasteiger partial charge in [0.25, 0.3) is 5.56 Å². The summed E-state index contributed by atoms with van der Waals surface area (Å²) in [6.45, 7) is 2.40. The molecule has 0 aromatic carbocycles. The van der Waals surface area contributed by atoms with Crippen LogP contribution in [0.1, 0.15) is 12.1 Å².